The zero-order valence-electron chi connectivity index (χ0n) is 23.3. The number of anilines is 3. The molecule has 5 rings (SSSR count). The van der Waals surface area contributed by atoms with Gasteiger partial charge in [-0.25, -0.2) is 13.1 Å². The van der Waals surface area contributed by atoms with Crippen LogP contribution in [0.1, 0.15) is 68.1 Å². The zero-order valence-corrected chi connectivity index (χ0v) is 24.1. The lowest BCUT2D eigenvalue weighted by atomic mass is 9.96. The molecule has 0 amide bonds. The summed E-state index contributed by atoms with van der Waals surface area (Å²) in [7, 11) is -3.48. The fraction of sp³-hybridized carbons (Fsp3) is 0.345. The van der Waals surface area contributed by atoms with Gasteiger partial charge in [-0.2, -0.15) is 10.5 Å². The van der Waals surface area contributed by atoms with Gasteiger partial charge in [0.05, 0.1) is 46.9 Å². The largest absolute Gasteiger partial charge is 0.383 e. The van der Waals surface area contributed by atoms with E-state index in [4.69, 9.17) is 0 Å². The highest BCUT2D eigenvalue weighted by molar-refractivity contribution is 7.92. The highest BCUT2D eigenvalue weighted by Crippen LogP contribution is 2.37. The number of nitriles is 2. The molecular formula is C29H31N9O2S. The summed E-state index contributed by atoms with van der Waals surface area (Å²) in [6, 6.07) is 14.9. The molecule has 0 unspecified atom stereocenters. The van der Waals surface area contributed by atoms with Gasteiger partial charge in [0.2, 0.25) is 10.0 Å². The van der Waals surface area contributed by atoms with E-state index in [2.05, 4.69) is 63.6 Å². The van der Waals surface area contributed by atoms with Crippen molar-refractivity contribution >= 4 is 38.0 Å². The van der Waals surface area contributed by atoms with E-state index in [-0.39, 0.29) is 5.41 Å². The molecule has 0 aliphatic heterocycles. The number of nitrogens with one attached hydrogen (secondary N) is 3. The predicted molar refractivity (Wildman–Crippen MR) is 158 cm³/mol. The molecule has 11 nitrogen and oxygen atoms in total. The molecule has 1 aliphatic carbocycles. The van der Waals surface area contributed by atoms with Crippen molar-refractivity contribution in [3.8, 4) is 12.1 Å². The summed E-state index contributed by atoms with van der Waals surface area (Å²) >= 11 is 0. The van der Waals surface area contributed by atoms with E-state index in [1.54, 1.807) is 24.3 Å². The third-order valence-electron chi connectivity index (χ3n) is 6.59. The Bertz CT molecular complexity index is 1810. The third kappa shape index (κ3) is 6.56. The maximum atomic E-state index is 11.9. The molecule has 0 saturated heterocycles. The minimum Gasteiger partial charge on any atom is -0.383 e. The molecule has 3 N–H and O–H groups in total. The van der Waals surface area contributed by atoms with E-state index in [9.17, 15) is 18.9 Å². The monoisotopic (exact) mass is 569 g/mol. The molecule has 12 heteroatoms. The average molecular weight is 570 g/mol. The van der Waals surface area contributed by atoms with Crippen LogP contribution >= 0.6 is 0 Å². The second-order valence-electron chi connectivity index (χ2n) is 11.5. The van der Waals surface area contributed by atoms with Crippen LogP contribution in [0.4, 0.5) is 17.1 Å². The summed E-state index contributed by atoms with van der Waals surface area (Å²) in [6.45, 7) is 6.88. The summed E-state index contributed by atoms with van der Waals surface area (Å²) in [4.78, 5) is 4.44. The smallest absolute Gasteiger partial charge is 0.229 e. The van der Waals surface area contributed by atoms with Gasteiger partial charge in [0, 0.05) is 29.5 Å². The van der Waals surface area contributed by atoms with Crippen molar-refractivity contribution in [2.45, 2.75) is 45.7 Å². The van der Waals surface area contributed by atoms with Crippen LogP contribution in [0.5, 0.6) is 0 Å². The molecule has 2 aromatic heterocycles. The Morgan fingerprint density at radius 2 is 1.85 bits per heavy atom. The molecule has 1 aliphatic rings. The van der Waals surface area contributed by atoms with Gasteiger partial charge in [-0.15, -0.1) is 5.10 Å². The van der Waals surface area contributed by atoms with Crippen LogP contribution in [0.2, 0.25) is 0 Å². The molecule has 0 radical (unpaired) electrons. The van der Waals surface area contributed by atoms with Gasteiger partial charge in [-0.1, -0.05) is 38.1 Å². The van der Waals surface area contributed by atoms with E-state index in [0.29, 0.717) is 57.4 Å². The van der Waals surface area contributed by atoms with Gasteiger partial charge < -0.3 is 10.6 Å². The number of fused-ring (bicyclic) bond motifs is 1. The minimum absolute atomic E-state index is 0.0558. The number of sulfonamides is 1. The summed E-state index contributed by atoms with van der Waals surface area (Å²) in [5.74, 6) is 0. The van der Waals surface area contributed by atoms with Crippen molar-refractivity contribution in [3.05, 3.63) is 71.2 Å². The topological polar surface area (TPSA) is 161 Å². The molecule has 1 saturated carbocycles. The number of hydrogen-bond donors (Lipinski definition) is 3. The molecular weight excluding hydrogens is 538 g/mol. The van der Waals surface area contributed by atoms with Crippen LogP contribution in [0.15, 0.2) is 48.8 Å². The summed E-state index contributed by atoms with van der Waals surface area (Å²) in [6.07, 6.45) is 6.57. The first kappa shape index (κ1) is 27.9. The van der Waals surface area contributed by atoms with Gasteiger partial charge in [-0.3, -0.25) is 9.71 Å². The summed E-state index contributed by atoms with van der Waals surface area (Å²) in [5.41, 5.74) is 4.19. The molecule has 0 bridgehead atoms. The van der Waals surface area contributed by atoms with Gasteiger partial charge in [0.15, 0.2) is 0 Å². The maximum absolute atomic E-state index is 11.9. The van der Waals surface area contributed by atoms with E-state index < -0.39 is 16.1 Å². The SMILES string of the molecule is CC(C)(C)CNc1c(C#N)cnc2c(C#N)cc(N[C@@H](c3cccc(NS(C)(=O)=O)c3)c3cn(C4CC4)nn3)cc12. The van der Waals surface area contributed by atoms with E-state index in [0.717, 1.165) is 24.7 Å². The summed E-state index contributed by atoms with van der Waals surface area (Å²) in [5, 5.41) is 36.2. The number of pyridine rings is 1. The van der Waals surface area contributed by atoms with Crippen LogP contribution in [0, 0.1) is 28.1 Å². The quantitative estimate of drug-likeness (QED) is 0.254. The Labute approximate surface area is 239 Å². The van der Waals surface area contributed by atoms with E-state index >= 15 is 0 Å². The molecule has 1 atom stereocenters. The fourth-order valence-electron chi connectivity index (χ4n) is 4.53. The lowest BCUT2D eigenvalue weighted by molar-refractivity contribution is 0.443. The van der Waals surface area contributed by atoms with Crippen LogP contribution in [-0.2, 0) is 10.0 Å². The standard InChI is InChI=1S/C29H31N9O2S/c1-29(2,3)17-33-27-20(14-31)15-32-26-19(13-30)11-22(12-24(26)27)34-28(25-16-38(37-35-25)23-8-9-23)18-6-5-7-21(10-18)36-41(4,39)40/h5-7,10-12,15-16,23,28,34,36H,8-9,17H2,1-4H3,(H,32,33)/t28-/m0/s1. The molecule has 4 aromatic rings. The lowest BCUT2D eigenvalue weighted by Crippen LogP contribution is -2.20. The number of nitrogens with zero attached hydrogens (tertiary/aromatic N) is 6. The van der Waals surface area contributed by atoms with Gasteiger partial charge in [-0.05, 0) is 48.1 Å². The molecule has 0 spiro atoms. The second-order valence-corrected chi connectivity index (χ2v) is 13.3. The maximum Gasteiger partial charge on any atom is 0.229 e. The number of benzene rings is 2. The minimum atomic E-state index is -3.48. The zero-order chi connectivity index (χ0) is 29.4. The predicted octanol–water partition coefficient (Wildman–Crippen LogP) is 4.94. The Morgan fingerprint density at radius 3 is 2.51 bits per heavy atom. The Morgan fingerprint density at radius 1 is 1.10 bits per heavy atom. The lowest BCUT2D eigenvalue weighted by Gasteiger charge is -2.22. The average Bonchev–Trinajstić information content (AvgIpc) is 3.65. The highest BCUT2D eigenvalue weighted by atomic mass is 32.2. The van der Waals surface area contributed by atoms with Gasteiger partial charge in [0.25, 0.3) is 0 Å². The fourth-order valence-corrected chi connectivity index (χ4v) is 5.09. The normalized spacial score (nSPS) is 14.2. The molecule has 210 valence electrons. The third-order valence-corrected chi connectivity index (χ3v) is 7.19. The Balaban J connectivity index is 1.62. The molecule has 1 fully saturated rings. The molecule has 41 heavy (non-hydrogen) atoms. The first-order valence-electron chi connectivity index (χ1n) is 13.2. The summed E-state index contributed by atoms with van der Waals surface area (Å²) < 4.78 is 28.2. The van der Waals surface area contributed by atoms with Crippen molar-refractivity contribution in [2.24, 2.45) is 5.41 Å². The van der Waals surface area contributed by atoms with Crippen molar-refractivity contribution in [3.63, 3.8) is 0 Å². The highest BCUT2D eigenvalue weighted by Gasteiger charge is 2.27. The first-order chi connectivity index (χ1) is 19.4. The van der Waals surface area contributed by atoms with Gasteiger partial charge in [0.1, 0.15) is 17.8 Å². The van der Waals surface area contributed by atoms with Crippen LogP contribution in [-0.4, -0.2) is 41.2 Å². The van der Waals surface area contributed by atoms with Crippen molar-refractivity contribution in [1.29, 1.82) is 10.5 Å². The second kappa shape index (κ2) is 10.7. The van der Waals surface area contributed by atoms with Crippen LogP contribution < -0.4 is 15.4 Å². The molecule has 2 aromatic carbocycles. The van der Waals surface area contributed by atoms with E-state index in [1.807, 2.05) is 23.0 Å². The van der Waals surface area contributed by atoms with Gasteiger partial charge >= 0.3 is 0 Å². The Kier molecular flexibility index (Phi) is 7.28. The van der Waals surface area contributed by atoms with Crippen molar-refractivity contribution < 1.29 is 8.42 Å². The number of hydrogen-bond acceptors (Lipinski definition) is 9. The van der Waals surface area contributed by atoms with E-state index in [1.165, 1.54) is 6.20 Å². The molecule has 2 heterocycles. The first-order valence-corrected chi connectivity index (χ1v) is 15.1. The van der Waals surface area contributed by atoms with Crippen LogP contribution in [0.3, 0.4) is 0 Å². The van der Waals surface area contributed by atoms with Crippen molar-refractivity contribution in [2.75, 3.05) is 28.2 Å². The van der Waals surface area contributed by atoms with Crippen molar-refractivity contribution in [1.82, 2.24) is 20.0 Å². The Hall–Kier alpha value is -4.68. The number of aromatic nitrogens is 4. The van der Waals surface area contributed by atoms with Crippen LogP contribution in [0.25, 0.3) is 10.9 Å². The number of rotatable bonds is 9.